The fraction of sp³-hybridized carbons (Fsp3) is 0.500. The van der Waals surface area contributed by atoms with Gasteiger partial charge in [-0.05, 0) is 42.9 Å². The second kappa shape index (κ2) is 5.76. The van der Waals surface area contributed by atoms with Crippen molar-refractivity contribution < 1.29 is 9.53 Å². The fourth-order valence-electron chi connectivity index (χ4n) is 2.64. The highest BCUT2D eigenvalue weighted by molar-refractivity contribution is 6.06. The maximum atomic E-state index is 12.0. The molecule has 2 fully saturated rings. The van der Waals surface area contributed by atoms with Crippen molar-refractivity contribution in [3.8, 4) is 5.75 Å². The number of amides is 2. The van der Waals surface area contributed by atoms with Crippen molar-refractivity contribution in [3.63, 3.8) is 0 Å². The third kappa shape index (κ3) is 3.01. The van der Waals surface area contributed by atoms with Crippen LogP contribution in [0.3, 0.4) is 0 Å². The Kier molecular flexibility index (Phi) is 3.82. The number of hydrogen-bond acceptors (Lipinski definition) is 3. The summed E-state index contributed by atoms with van der Waals surface area (Å²) in [6, 6.07) is 7.28. The van der Waals surface area contributed by atoms with Crippen molar-refractivity contribution in [3.05, 3.63) is 29.8 Å². The quantitative estimate of drug-likeness (QED) is 0.845. The summed E-state index contributed by atoms with van der Waals surface area (Å²) in [7, 11) is 0. The van der Waals surface area contributed by atoms with Gasteiger partial charge < -0.3 is 9.64 Å². The van der Waals surface area contributed by atoms with E-state index in [1.54, 1.807) is 4.90 Å². The van der Waals surface area contributed by atoms with Crippen LogP contribution in [0, 0.1) is 11.3 Å². The molecule has 112 valence electrons. The van der Waals surface area contributed by atoms with Gasteiger partial charge in [-0.1, -0.05) is 19.1 Å². The van der Waals surface area contributed by atoms with Crippen LogP contribution in [0.4, 0.5) is 4.79 Å². The molecule has 3 rings (SSSR count). The molecule has 5 heteroatoms. The summed E-state index contributed by atoms with van der Waals surface area (Å²) in [5, 5.41) is 10.7. The second-order valence-corrected chi connectivity index (χ2v) is 5.76. The Hall–Kier alpha value is -2.04. The number of nitrogens with zero attached hydrogens (tertiary/aromatic N) is 1. The van der Waals surface area contributed by atoms with E-state index in [-0.39, 0.29) is 17.9 Å². The first-order chi connectivity index (χ1) is 10.2. The average Bonchev–Trinajstić information content (AvgIpc) is 3.24. The minimum Gasteiger partial charge on any atom is -0.494 e. The lowest BCUT2D eigenvalue weighted by Crippen LogP contribution is -2.31. The molecule has 0 bridgehead atoms. The molecule has 21 heavy (non-hydrogen) atoms. The predicted octanol–water partition coefficient (Wildman–Crippen LogP) is 2.93. The van der Waals surface area contributed by atoms with E-state index in [4.69, 9.17) is 10.1 Å². The zero-order valence-corrected chi connectivity index (χ0v) is 12.3. The molecule has 0 aromatic heterocycles. The van der Waals surface area contributed by atoms with Crippen LogP contribution in [0.1, 0.15) is 37.8 Å². The van der Waals surface area contributed by atoms with Crippen molar-refractivity contribution >= 4 is 11.9 Å². The van der Waals surface area contributed by atoms with Crippen molar-refractivity contribution in [2.75, 3.05) is 13.2 Å². The molecule has 1 aromatic carbocycles. The number of urea groups is 1. The molecular formula is C16H21N3O2. The maximum Gasteiger partial charge on any atom is 0.323 e. The van der Waals surface area contributed by atoms with Crippen LogP contribution in [0.2, 0.25) is 0 Å². The first-order valence-corrected chi connectivity index (χ1v) is 7.58. The number of carbonyl (C=O) groups is 1. The van der Waals surface area contributed by atoms with Crippen molar-refractivity contribution in [1.82, 2.24) is 10.2 Å². The number of nitrogens with one attached hydrogen (secondary N) is 2. The molecule has 0 radical (unpaired) electrons. The molecule has 1 heterocycles. The van der Waals surface area contributed by atoms with Gasteiger partial charge in [0.2, 0.25) is 0 Å². The lowest BCUT2D eigenvalue weighted by Gasteiger charge is -2.23. The molecule has 1 saturated heterocycles. The largest absolute Gasteiger partial charge is 0.494 e. The first-order valence-electron chi connectivity index (χ1n) is 7.58. The maximum absolute atomic E-state index is 12.0. The third-order valence-corrected chi connectivity index (χ3v) is 3.89. The van der Waals surface area contributed by atoms with Crippen LogP contribution < -0.4 is 10.1 Å². The van der Waals surface area contributed by atoms with E-state index in [1.807, 2.05) is 24.3 Å². The summed E-state index contributed by atoms with van der Waals surface area (Å²) in [5.74, 6) is 1.66. The predicted molar refractivity (Wildman–Crippen MR) is 80.7 cm³/mol. The molecule has 1 aliphatic heterocycles. The van der Waals surface area contributed by atoms with Gasteiger partial charge in [0.15, 0.2) is 0 Å². The Morgan fingerprint density at radius 1 is 1.43 bits per heavy atom. The lowest BCUT2D eigenvalue weighted by molar-refractivity contribution is 0.203. The van der Waals surface area contributed by atoms with Crippen LogP contribution in [0.25, 0.3) is 0 Å². The van der Waals surface area contributed by atoms with Gasteiger partial charge in [0.1, 0.15) is 17.6 Å². The van der Waals surface area contributed by atoms with Crippen LogP contribution in [0.15, 0.2) is 24.3 Å². The Bertz CT molecular complexity index is 554. The topological polar surface area (TPSA) is 65.4 Å². The first kappa shape index (κ1) is 13.9. The molecule has 0 spiro atoms. The Morgan fingerprint density at radius 3 is 2.95 bits per heavy atom. The number of ether oxygens (including phenoxy) is 1. The number of hydrogen-bond donors (Lipinski definition) is 2. The molecule has 1 saturated carbocycles. The number of amidine groups is 1. The Balaban J connectivity index is 1.82. The monoisotopic (exact) mass is 287 g/mol. The molecule has 2 amide bonds. The molecule has 1 aromatic rings. The standard InChI is InChI=1S/C16H21N3O2/c1-2-8-21-13-5-3-4-12(9-13)14-15(17)18-16(20)19(14)10-11-6-7-11/h3-5,9,11,14H,2,6-8,10H2,1H3,(H2,17,18,20). The Morgan fingerprint density at radius 2 is 2.24 bits per heavy atom. The number of rotatable bonds is 6. The van der Waals surface area contributed by atoms with Gasteiger partial charge in [-0.25, -0.2) is 4.79 Å². The van der Waals surface area contributed by atoms with Gasteiger partial charge in [0, 0.05) is 6.54 Å². The summed E-state index contributed by atoms with van der Waals surface area (Å²) in [4.78, 5) is 13.8. The third-order valence-electron chi connectivity index (χ3n) is 3.89. The van der Waals surface area contributed by atoms with Gasteiger partial charge in [-0.15, -0.1) is 0 Å². The Labute approximate surface area is 124 Å². The highest BCUT2D eigenvalue weighted by Crippen LogP contribution is 2.35. The lowest BCUT2D eigenvalue weighted by atomic mass is 10.0. The van der Waals surface area contributed by atoms with Gasteiger partial charge >= 0.3 is 6.03 Å². The summed E-state index contributed by atoms with van der Waals surface area (Å²) in [6.07, 6.45) is 3.32. The molecular weight excluding hydrogens is 266 g/mol. The van der Waals surface area contributed by atoms with E-state index >= 15 is 0 Å². The molecule has 1 unspecified atom stereocenters. The molecule has 1 aliphatic carbocycles. The summed E-state index contributed by atoms with van der Waals surface area (Å²) < 4.78 is 5.65. The molecule has 1 atom stereocenters. The molecule has 5 nitrogen and oxygen atoms in total. The summed E-state index contributed by atoms with van der Waals surface area (Å²) in [6.45, 7) is 3.48. The highest BCUT2D eigenvalue weighted by Gasteiger charge is 2.39. The molecule has 2 aliphatic rings. The van der Waals surface area contributed by atoms with Gasteiger partial charge in [0.25, 0.3) is 0 Å². The fourth-order valence-corrected chi connectivity index (χ4v) is 2.64. The van der Waals surface area contributed by atoms with E-state index in [9.17, 15) is 4.79 Å². The zero-order chi connectivity index (χ0) is 14.8. The number of benzene rings is 1. The SMILES string of the molecule is CCCOc1cccc(C2C(=N)NC(=O)N2CC2CC2)c1. The smallest absolute Gasteiger partial charge is 0.323 e. The van der Waals surface area contributed by atoms with Gasteiger partial charge in [-0.3, -0.25) is 10.7 Å². The van der Waals surface area contributed by atoms with Crippen molar-refractivity contribution in [1.29, 1.82) is 5.41 Å². The van der Waals surface area contributed by atoms with Crippen molar-refractivity contribution in [2.45, 2.75) is 32.2 Å². The van der Waals surface area contributed by atoms with Crippen LogP contribution in [-0.4, -0.2) is 29.9 Å². The van der Waals surface area contributed by atoms with Gasteiger partial charge in [-0.2, -0.15) is 0 Å². The normalized spacial score (nSPS) is 21.6. The number of carbonyl (C=O) groups excluding carboxylic acids is 1. The summed E-state index contributed by atoms with van der Waals surface area (Å²) >= 11 is 0. The minimum absolute atomic E-state index is 0.156. The molecule has 2 N–H and O–H groups in total. The van der Waals surface area contributed by atoms with E-state index in [0.717, 1.165) is 24.3 Å². The summed E-state index contributed by atoms with van der Waals surface area (Å²) in [5.41, 5.74) is 0.938. The van der Waals surface area contributed by atoms with Crippen LogP contribution >= 0.6 is 0 Å². The average molecular weight is 287 g/mol. The van der Waals surface area contributed by atoms with Crippen molar-refractivity contribution in [2.24, 2.45) is 5.92 Å². The van der Waals surface area contributed by atoms with E-state index in [1.165, 1.54) is 12.8 Å². The van der Waals surface area contributed by atoms with Crippen LogP contribution in [0.5, 0.6) is 5.75 Å². The second-order valence-electron chi connectivity index (χ2n) is 5.76. The van der Waals surface area contributed by atoms with Crippen LogP contribution in [-0.2, 0) is 0 Å². The van der Waals surface area contributed by atoms with E-state index in [0.29, 0.717) is 12.5 Å². The van der Waals surface area contributed by atoms with E-state index < -0.39 is 0 Å². The van der Waals surface area contributed by atoms with Gasteiger partial charge in [0.05, 0.1) is 6.61 Å². The highest BCUT2D eigenvalue weighted by atomic mass is 16.5. The zero-order valence-electron chi connectivity index (χ0n) is 12.3. The van der Waals surface area contributed by atoms with E-state index in [2.05, 4.69) is 12.2 Å². The minimum atomic E-state index is -0.303.